The van der Waals surface area contributed by atoms with Gasteiger partial charge in [-0.15, -0.1) is 0 Å². The first-order valence-corrected chi connectivity index (χ1v) is 6.31. The molecule has 0 aliphatic heterocycles. The smallest absolute Gasteiger partial charge is 0.387 e. The van der Waals surface area contributed by atoms with Gasteiger partial charge in [-0.1, -0.05) is 0 Å². The molecule has 0 aliphatic rings. The molecule has 0 N–H and O–H groups in total. The van der Waals surface area contributed by atoms with Crippen LogP contribution in [-0.4, -0.2) is 20.0 Å². The summed E-state index contributed by atoms with van der Waals surface area (Å²) in [5.41, 5.74) is -1.27. The molecule has 0 unspecified atom stereocenters. The lowest BCUT2D eigenvalue weighted by atomic mass is 10.3. The van der Waals surface area contributed by atoms with Crippen molar-refractivity contribution in [2.24, 2.45) is 0 Å². The maximum atomic E-state index is 13.0. The van der Waals surface area contributed by atoms with Crippen molar-refractivity contribution in [3.05, 3.63) is 28.1 Å². The average molecular weight is 306 g/mol. The number of nitro groups is 1. The maximum absolute atomic E-state index is 13.0. The highest BCUT2D eigenvalue weighted by molar-refractivity contribution is 8.13. The molecule has 0 aliphatic carbocycles. The Morgan fingerprint density at radius 1 is 1.39 bits per heavy atom. The number of alkyl halides is 2. The van der Waals surface area contributed by atoms with E-state index in [0.717, 1.165) is 0 Å². The van der Waals surface area contributed by atoms with Crippen LogP contribution in [-0.2, 0) is 9.05 Å². The Morgan fingerprint density at radius 2 is 1.94 bits per heavy atom. The van der Waals surface area contributed by atoms with E-state index in [1.165, 1.54) is 0 Å². The molecule has 0 heterocycles. The van der Waals surface area contributed by atoms with E-state index in [0.29, 0.717) is 0 Å². The number of nitrogens with zero attached hydrogens (tertiary/aromatic N) is 1. The lowest BCUT2D eigenvalue weighted by molar-refractivity contribution is -0.386. The Labute approximate surface area is 102 Å². The fourth-order valence-corrected chi connectivity index (χ4v) is 2.05. The van der Waals surface area contributed by atoms with E-state index >= 15 is 0 Å². The van der Waals surface area contributed by atoms with Crippen molar-refractivity contribution in [1.82, 2.24) is 0 Å². The van der Waals surface area contributed by atoms with Crippen molar-refractivity contribution in [2.45, 2.75) is 11.5 Å². The summed E-state index contributed by atoms with van der Waals surface area (Å²) in [6.07, 6.45) is 0. The molecule has 0 aromatic heterocycles. The average Bonchev–Trinajstić information content (AvgIpc) is 2.17. The number of benzene rings is 1. The van der Waals surface area contributed by atoms with Crippen LogP contribution in [0.1, 0.15) is 0 Å². The van der Waals surface area contributed by atoms with Crippen LogP contribution in [0.25, 0.3) is 0 Å². The van der Waals surface area contributed by atoms with Crippen LogP contribution in [0.3, 0.4) is 0 Å². The van der Waals surface area contributed by atoms with Crippen molar-refractivity contribution < 1.29 is 31.2 Å². The van der Waals surface area contributed by atoms with Crippen LogP contribution in [0.15, 0.2) is 17.0 Å². The third kappa shape index (κ3) is 3.23. The zero-order valence-corrected chi connectivity index (χ0v) is 9.71. The van der Waals surface area contributed by atoms with Gasteiger partial charge >= 0.3 is 12.3 Å². The van der Waals surface area contributed by atoms with Gasteiger partial charge in [0.1, 0.15) is 10.7 Å². The monoisotopic (exact) mass is 305 g/mol. The molecule has 1 rings (SSSR count). The fraction of sp³-hybridized carbons (Fsp3) is 0.143. The van der Waals surface area contributed by atoms with Gasteiger partial charge in [0.25, 0.3) is 9.05 Å². The highest BCUT2D eigenvalue weighted by Crippen LogP contribution is 2.37. The molecule has 0 amide bonds. The van der Waals surface area contributed by atoms with Crippen molar-refractivity contribution in [3.63, 3.8) is 0 Å². The van der Waals surface area contributed by atoms with Crippen LogP contribution < -0.4 is 4.74 Å². The molecule has 0 saturated heterocycles. The largest absolute Gasteiger partial charge is 0.426 e. The number of nitro benzene ring substituents is 1. The summed E-state index contributed by atoms with van der Waals surface area (Å²) in [4.78, 5) is 8.00. The number of rotatable bonds is 4. The third-order valence-electron chi connectivity index (χ3n) is 1.67. The molecular formula is C7H3ClF3NO5S. The predicted octanol–water partition coefficient (Wildman–Crippen LogP) is 2.26. The predicted molar refractivity (Wildman–Crippen MR) is 52.7 cm³/mol. The number of hydrogen-bond acceptors (Lipinski definition) is 5. The van der Waals surface area contributed by atoms with Gasteiger partial charge in [0.2, 0.25) is 5.75 Å². The fourth-order valence-electron chi connectivity index (χ4n) is 1.08. The zero-order chi connectivity index (χ0) is 14.1. The van der Waals surface area contributed by atoms with Gasteiger partial charge in [-0.3, -0.25) is 10.1 Å². The van der Waals surface area contributed by atoms with Crippen molar-refractivity contribution in [2.75, 3.05) is 0 Å². The van der Waals surface area contributed by atoms with Crippen LogP contribution in [0.4, 0.5) is 18.9 Å². The molecule has 6 nitrogen and oxygen atoms in total. The van der Waals surface area contributed by atoms with Crippen molar-refractivity contribution in [1.29, 1.82) is 0 Å². The highest BCUT2D eigenvalue weighted by Gasteiger charge is 2.30. The minimum absolute atomic E-state index is 0.239. The standard InChI is InChI=1S/C7H3ClF3NO5S/c8-18(15,16)5-2-3(9)1-4(12(13)14)6(5)17-7(10)11/h1-2,7H. The van der Waals surface area contributed by atoms with Crippen LogP contribution in [0.5, 0.6) is 5.75 Å². The molecule has 11 heteroatoms. The van der Waals surface area contributed by atoms with Gasteiger partial charge in [0.05, 0.1) is 11.0 Å². The van der Waals surface area contributed by atoms with Crippen molar-refractivity contribution >= 4 is 25.4 Å². The Bertz CT molecular complexity index is 591. The van der Waals surface area contributed by atoms with E-state index in [2.05, 4.69) is 4.74 Å². The summed E-state index contributed by atoms with van der Waals surface area (Å²) in [5, 5.41) is 10.5. The number of halogens is 4. The topological polar surface area (TPSA) is 86.5 Å². The quantitative estimate of drug-likeness (QED) is 0.484. The Balaban J connectivity index is 3.63. The SMILES string of the molecule is O=[N+]([O-])c1cc(F)cc(S(=O)(=O)Cl)c1OC(F)F. The lowest BCUT2D eigenvalue weighted by Crippen LogP contribution is -2.09. The van der Waals surface area contributed by atoms with E-state index in [-0.39, 0.29) is 12.1 Å². The summed E-state index contributed by atoms with van der Waals surface area (Å²) >= 11 is 0. The molecule has 0 spiro atoms. The molecule has 0 bridgehead atoms. The van der Waals surface area contributed by atoms with E-state index < -0.39 is 42.7 Å². The van der Waals surface area contributed by atoms with Crippen LogP contribution >= 0.6 is 10.7 Å². The minimum atomic E-state index is -4.69. The van der Waals surface area contributed by atoms with E-state index in [1.54, 1.807) is 0 Å². The molecule has 1 aromatic carbocycles. The first-order valence-electron chi connectivity index (χ1n) is 4.00. The lowest BCUT2D eigenvalue weighted by Gasteiger charge is -2.08. The molecule has 0 radical (unpaired) electrons. The summed E-state index contributed by atoms with van der Waals surface area (Å²) in [5.74, 6) is -2.64. The van der Waals surface area contributed by atoms with Gasteiger partial charge in [-0.2, -0.15) is 8.78 Å². The summed E-state index contributed by atoms with van der Waals surface area (Å²) in [6.45, 7) is -3.54. The second-order valence-electron chi connectivity index (χ2n) is 2.83. The highest BCUT2D eigenvalue weighted by atomic mass is 35.7. The molecule has 100 valence electrons. The van der Waals surface area contributed by atoms with Crippen molar-refractivity contribution in [3.8, 4) is 5.75 Å². The van der Waals surface area contributed by atoms with Gasteiger partial charge in [0.15, 0.2) is 0 Å². The maximum Gasteiger partial charge on any atom is 0.387 e. The molecule has 0 fully saturated rings. The summed E-state index contributed by atoms with van der Waals surface area (Å²) in [7, 11) is 0.166. The molecular weight excluding hydrogens is 303 g/mol. The van der Waals surface area contributed by atoms with E-state index in [4.69, 9.17) is 10.7 Å². The second-order valence-corrected chi connectivity index (χ2v) is 5.36. The van der Waals surface area contributed by atoms with Crippen LogP contribution in [0.2, 0.25) is 0 Å². The van der Waals surface area contributed by atoms with E-state index in [1.807, 2.05) is 0 Å². The number of hydrogen-bond donors (Lipinski definition) is 0. The van der Waals surface area contributed by atoms with Gasteiger partial charge < -0.3 is 4.74 Å². The Hall–Kier alpha value is -1.55. The first-order chi connectivity index (χ1) is 8.12. The summed E-state index contributed by atoms with van der Waals surface area (Å²) < 4.78 is 62.8. The molecule has 0 atom stereocenters. The van der Waals surface area contributed by atoms with Gasteiger partial charge in [-0.25, -0.2) is 12.8 Å². The third-order valence-corrected chi connectivity index (χ3v) is 2.99. The second kappa shape index (κ2) is 4.98. The minimum Gasteiger partial charge on any atom is -0.426 e. The molecule has 18 heavy (non-hydrogen) atoms. The number of ether oxygens (including phenoxy) is 1. The zero-order valence-electron chi connectivity index (χ0n) is 8.14. The Morgan fingerprint density at radius 3 is 2.33 bits per heavy atom. The van der Waals surface area contributed by atoms with Crippen LogP contribution in [0, 0.1) is 15.9 Å². The molecule has 1 aromatic rings. The van der Waals surface area contributed by atoms with Gasteiger partial charge in [0, 0.05) is 10.7 Å². The first kappa shape index (κ1) is 14.5. The van der Waals surface area contributed by atoms with Gasteiger partial charge in [-0.05, 0) is 6.07 Å². The summed E-state index contributed by atoms with van der Waals surface area (Å²) in [6, 6.07) is 0.482. The molecule has 0 saturated carbocycles. The van der Waals surface area contributed by atoms with E-state index in [9.17, 15) is 31.7 Å². The normalized spacial score (nSPS) is 11.6. The Kier molecular flexibility index (Phi) is 4.02.